The zero-order valence-electron chi connectivity index (χ0n) is 20.5. The van der Waals surface area contributed by atoms with Crippen molar-refractivity contribution in [2.45, 2.75) is 49.9 Å². The number of aliphatic hydroxyl groups is 2. The predicted octanol–water partition coefficient (Wildman–Crippen LogP) is 3.41. The number of rotatable bonds is 4. The number of aromatic nitrogens is 3. The third-order valence-corrected chi connectivity index (χ3v) is 7.48. The molecule has 7 rings (SSSR count). The Bertz CT molecular complexity index is 1590. The van der Waals surface area contributed by atoms with E-state index in [1.165, 1.54) is 13.2 Å². The lowest BCUT2D eigenvalue weighted by molar-refractivity contribution is 0.0989. The molecule has 4 N–H and O–H groups in total. The number of halogens is 2. The molecule has 1 amide bonds. The lowest BCUT2D eigenvalue weighted by Gasteiger charge is -2.28. The second kappa shape index (κ2) is 8.75. The number of nitrogens with zero attached hydrogens (tertiary/aromatic N) is 3. The molecule has 8 nitrogen and oxygen atoms in total. The number of primary amides is 1. The monoisotopic (exact) mass is 518 g/mol. The zero-order valence-corrected chi connectivity index (χ0v) is 20.5. The van der Waals surface area contributed by atoms with Gasteiger partial charge in [-0.2, -0.15) is 0 Å². The van der Waals surface area contributed by atoms with E-state index in [1.54, 1.807) is 10.6 Å². The molecular weight excluding hydrogens is 494 g/mol. The minimum atomic E-state index is -1.55. The summed E-state index contributed by atoms with van der Waals surface area (Å²) in [6, 6.07) is 3.69. The molecule has 4 heterocycles. The Balaban J connectivity index is 1.55. The fourth-order valence-electron chi connectivity index (χ4n) is 5.55. The molecule has 1 aromatic carbocycles. The average molecular weight is 519 g/mol. The van der Waals surface area contributed by atoms with Crippen molar-refractivity contribution >= 4 is 11.5 Å². The summed E-state index contributed by atoms with van der Waals surface area (Å²) in [5.41, 5.74) is 6.45. The molecule has 0 radical (unpaired) electrons. The van der Waals surface area contributed by atoms with E-state index in [-0.39, 0.29) is 34.4 Å². The van der Waals surface area contributed by atoms with Crippen LogP contribution < -0.4 is 10.5 Å². The molecule has 2 aromatic heterocycles. The van der Waals surface area contributed by atoms with Crippen molar-refractivity contribution in [1.82, 2.24) is 14.5 Å². The number of allylic oxidation sites excluding steroid dienone is 2. The summed E-state index contributed by atoms with van der Waals surface area (Å²) in [5, 5.41) is 22.0. The summed E-state index contributed by atoms with van der Waals surface area (Å²) in [5.74, 6) is 3.78. The Morgan fingerprint density at radius 2 is 2.00 bits per heavy atom. The SMILES string of the molecule is COc1ncc(F)cc1C(O)c1c(C(N)=O)nc2n1C1C=C(C1)c1cc(F)c(C#CC3(O)CCCC3)cc1-2. The highest BCUT2D eigenvalue weighted by atomic mass is 19.1. The van der Waals surface area contributed by atoms with Crippen molar-refractivity contribution in [2.75, 3.05) is 7.11 Å². The van der Waals surface area contributed by atoms with Gasteiger partial charge in [0.2, 0.25) is 5.88 Å². The number of pyridine rings is 1. The first-order chi connectivity index (χ1) is 18.2. The van der Waals surface area contributed by atoms with Crippen LogP contribution in [0.25, 0.3) is 17.0 Å². The van der Waals surface area contributed by atoms with Gasteiger partial charge in [-0.1, -0.05) is 17.9 Å². The maximum absolute atomic E-state index is 15.2. The van der Waals surface area contributed by atoms with E-state index in [1.807, 2.05) is 6.08 Å². The van der Waals surface area contributed by atoms with Crippen LogP contribution in [0, 0.1) is 23.5 Å². The average Bonchev–Trinajstić information content (AvgIpc) is 3.41. The van der Waals surface area contributed by atoms with Crippen LogP contribution >= 0.6 is 0 Å². The molecule has 2 unspecified atom stereocenters. The number of carbonyl (C=O) groups is 1. The maximum Gasteiger partial charge on any atom is 0.269 e. The van der Waals surface area contributed by atoms with E-state index in [0.29, 0.717) is 36.2 Å². The van der Waals surface area contributed by atoms with Gasteiger partial charge in [0.05, 0.1) is 36.2 Å². The molecule has 10 heteroatoms. The molecule has 194 valence electrons. The number of nitrogens with two attached hydrogens (primary N) is 1. The van der Waals surface area contributed by atoms with Crippen LogP contribution in [-0.4, -0.2) is 43.4 Å². The highest BCUT2D eigenvalue weighted by Gasteiger charge is 2.39. The van der Waals surface area contributed by atoms with Crippen LogP contribution in [-0.2, 0) is 0 Å². The van der Waals surface area contributed by atoms with Gasteiger partial charge in [-0.25, -0.2) is 18.7 Å². The van der Waals surface area contributed by atoms with Gasteiger partial charge in [-0.05, 0) is 61.4 Å². The lowest BCUT2D eigenvalue weighted by atomic mass is 9.86. The van der Waals surface area contributed by atoms with Crippen molar-refractivity contribution in [3.63, 3.8) is 0 Å². The van der Waals surface area contributed by atoms with E-state index in [4.69, 9.17) is 10.5 Å². The highest BCUT2D eigenvalue weighted by molar-refractivity contribution is 5.94. The molecule has 1 fully saturated rings. The van der Waals surface area contributed by atoms with Gasteiger partial charge in [0, 0.05) is 5.56 Å². The molecule has 2 aliphatic heterocycles. The Morgan fingerprint density at radius 1 is 1.26 bits per heavy atom. The Morgan fingerprint density at radius 3 is 2.68 bits per heavy atom. The lowest BCUT2D eigenvalue weighted by Crippen LogP contribution is -2.22. The minimum Gasteiger partial charge on any atom is -0.481 e. The number of benzene rings is 1. The molecule has 2 bridgehead atoms. The first-order valence-electron chi connectivity index (χ1n) is 12.3. The van der Waals surface area contributed by atoms with E-state index in [2.05, 4.69) is 21.8 Å². The molecule has 3 aromatic rings. The Hall–Kier alpha value is -4.07. The molecular formula is C28H24F2N4O4. The fourth-order valence-corrected chi connectivity index (χ4v) is 5.55. The first kappa shape index (κ1) is 24.3. The van der Waals surface area contributed by atoms with Crippen molar-refractivity contribution in [2.24, 2.45) is 5.73 Å². The normalized spacial score (nSPS) is 19.2. The quantitative estimate of drug-likeness (QED) is 0.455. The minimum absolute atomic E-state index is 0.00108. The van der Waals surface area contributed by atoms with Gasteiger partial charge < -0.3 is 25.3 Å². The van der Waals surface area contributed by atoms with Crippen LogP contribution in [0.3, 0.4) is 0 Å². The summed E-state index contributed by atoms with van der Waals surface area (Å²) in [6.45, 7) is 0. The summed E-state index contributed by atoms with van der Waals surface area (Å²) in [6.07, 6.45) is 4.58. The molecule has 2 atom stereocenters. The number of hydrogen-bond donors (Lipinski definition) is 3. The maximum atomic E-state index is 15.2. The number of imidazole rings is 1. The number of hydrogen-bond acceptors (Lipinski definition) is 6. The molecule has 0 saturated heterocycles. The number of ether oxygens (including phenoxy) is 1. The van der Waals surface area contributed by atoms with Gasteiger partial charge in [0.25, 0.3) is 5.91 Å². The van der Waals surface area contributed by atoms with Crippen LogP contribution in [0.4, 0.5) is 8.78 Å². The molecule has 0 spiro atoms. The van der Waals surface area contributed by atoms with Gasteiger partial charge in [-0.3, -0.25) is 4.79 Å². The van der Waals surface area contributed by atoms with Crippen molar-refractivity contribution in [1.29, 1.82) is 0 Å². The molecule has 1 saturated carbocycles. The van der Waals surface area contributed by atoms with E-state index < -0.39 is 29.2 Å². The number of aliphatic hydroxyl groups excluding tert-OH is 1. The molecule has 4 aliphatic rings. The summed E-state index contributed by atoms with van der Waals surface area (Å²) < 4.78 is 36.1. The third kappa shape index (κ3) is 3.78. The third-order valence-electron chi connectivity index (χ3n) is 7.48. The van der Waals surface area contributed by atoms with E-state index >= 15 is 4.39 Å². The number of amides is 1. The topological polar surface area (TPSA) is 123 Å². The van der Waals surface area contributed by atoms with Gasteiger partial charge in [0.1, 0.15) is 29.2 Å². The molecule has 38 heavy (non-hydrogen) atoms. The standard InChI is InChI=1S/C28H24F2N4O4/c1-38-27-20(11-16(29)13-32-27)24(35)23-22(25(31)36)33-26-19-10-14(4-7-28(37)5-2-3-6-28)21(30)12-18(19)15-8-17(9-15)34(23)26/h8,10-13,17,24,35,37H,2-3,5-6,9H2,1H3,(H2,31,36). The summed E-state index contributed by atoms with van der Waals surface area (Å²) in [7, 11) is 1.33. The second-order valence-electron chi connectivity index (χ2n) is 9.89. The van der Waals surface area contributed by atoms with Crippen molar-refractivity contribution < 1.29 is 28.5 Å². The van der Waals surface area contributed by atoms with E-state index in [0.717, 1.165) is 30.7 Å². The Labute approximate surface area is 216 Å². The second-order valence-corrected chi connectivity index (χ2v) is 9.89. The van der Waals surface area contributed by atoms with Crippen LogP contribution in [0.15, 0.2) is 30.5 Å². The van der Waals surface area contributed by atoms with Crippen LogP contribution in [0.1, 0.15) is 77.1 Å². The Kier molecular flexibility index (Phi) is 5.59. The zero-order chi connectivity index (χ0) is 26.8. The van der Waals surface area contributed by atoms with Crippen LogP contribution in [0.5, 0.6) is 5.88 Å². The predicted molar refractivity (Wildman–Crippen MR) is 133 cm³/mol. The van der Waals surface area contributed by atoms with E-state index in [9.17, 15) is 19.4 Å². The number of methoxy groups -OCH3 is 1. The summed E-state index contributed by atoms with van der Waals surface area (Å²) >= 11 is 0. The summed E-state index contributed by atoms with van der Waals surface area (Å²) in [4.78, 5) is 20.9. The van der Waals surface area contributed by atoms with Crippen molar-refractivity contribution in [3.8, 4) is 29.1 Å². The first-order valence-corrected chi connectivity index (χ1v) is 12.3. The fraction of sp³-hybridized carbons (Fsp3) is 0.321. The highest BCUT2D eigenvalue weighted by Crippen LogP contribution is 2.49. The van der Waals surface area contributed by atoms with Gasteiger partial charge >= 0.3 is 0 Å². The largest absolute Gasteiger partial charge is 0.481 e. The van der Waals surface area contributed by atoms with Crippen molar-refractivity contribution in [3.05, 3.63) is 70.2 Å². The number of carbonyl (C=O) groups excluding carboxylic acids is 1. The molecule has 2 aliphatic carbocycles. The van der Waals surface area contributed by atoms with Gasteiger partial charge in [-0.15, -0.1) is 0 Å². The van der Waals surface area contributed by atoms with Gasteiger partial charge in [0.15, 0.2) is 5.69 Å². The smallest absolute Gasteiger partial charge is 0.269 e. The van der Waals surface area contributed by atoms with Crippen LogP contribution in [0.2, 0.25) is 0 Å².